The average Bonchev–Trinajstić information content (AvgIpc) is 2.25. The van der Waals surface area contributed by atoms with E-state index in [2.05, 4.69) is 44.9 Å². The second kappa shape index (κ2) is 5.17. The van der Waals surface area contributed by atoms with Crippen LogP contribution in [0.15, 0.2) is 22.7 Å². The van der Waals surface area contributed by atoms with Gasteiger partial charge >= 0.3 is 0 Å². The SMILES string of the molecule is CN1CCN(Cc2ccc(Br)cc2N)CC1. The molecule has 4 heteroatoms. The molecule has 88 valence electrons. The third kappa shape index (κ3) is 2.97. The van der Waals surface area contributed by atoms with Crippen LogP contribution in [0.1, 0.15) is 5.56 Å². The van der Waals surface area contributed by atoms with E-state index in [1.54, 1.807) is 0 Å². The summed E-state index contributed by atoms with van der Waals surface area (Å²) in [6.07, 6.45) is 0. The minimum atomic E-state index is 0.883. The molecule has 1 aliphatic rings. The first kappa shape index (κ1) is 11.9. The van der Waals surface area contributed by atoms with Crippen LogP contribution in [0.3, 0.4) is 0 Å². The van der Waals surface area contributed by atoms with Gasteiger partial charge in [-0.1, -0.05) is 22.0 Å². The number of nitrogens with two attached hydrogens (primary N) is 1. The van der Waals surface area contributed by atoms with Crippen molar-refractivity contribution in [3.05, 3.63) is 28.2 Å². The highest BCUT2D eigenvalue weighted by Crippen LogP contribution is 2.20. The Morgan fingerprint density at radius 2 is 1.94 bits per heavy atom. The average molecular weight is 284 g/mol. The van der Waals surface area contributed by atoms with Crippen LogP contribution in [0.5, 0.6) is 0 Å². The van der Waals surface area contributed by atoms with Crippen LogP contribution in [0.4, 0.5) is 5.69 Å². The van der Waals surface area contributed by atoms with Gasteiger partial charge in [-0.15, -0.1) is 0 Å². The summed E-state index contributed by atoms with van der Waals surface area (Å²) in [6, 6.07) is 6.14. The summed E-state index contributed by atoms with van der Waals surface area (Å²) in [5.41, 5.74) is 8.11. The Kier molecular flexibility index (Phi) is 3.84. The number of benzene rings is 1. The van der Waals surface area contributed by atoms with E-state index >= 15 is 0 Å². The lowest BCUT2D eigenvalue weighted by Gasteiger charge is -2.32. The molecule has 0 amide bonds. The largest absolute Gasteiger partial charge is 0.398 e. The Balaban J connectivity index is 1.98. The predicted molar refractivity (Wildman–Crippen MR) is 71.3 cm³/mol. The van der Waals surface area contributed by atoms with Gasteiger partial charge in [0.25, 0.3) is 0 Å². The number of rotatable bonds is 2. The van der Waals surface area contributed by atoms with Crippen molar-refractivity contribution in [1.82, 2.24) is 9.80 Å². The van der Waals surface area contributed by atoms with Crippen molar-refractivity contribution in [2.24, 2.45) is 0 Å². The van der Waals surface area contributed by atoms with Crippen molar-refractivity contribution in [3.8, 4) is 0 Å². The molecular weight excluding hydrogens is 266 g/mol. The van der Waals surface area contributed by atoms with E-state index in [9.17, 15) is 0 Å². The van der Waals surface area contributed by atoms with Gasteiger partial charge in [0.05, 0.1) is 0 Å². The molecule has 0 bridgehead atoms. The summed E-state index contributed by atoms with van der Waals surface area (Å²) in [5, 5.41) is 0. The number of hydrogen-bond acceptors (Lipinski definition) is 3. The van der Waals surface area contributed by atoms with E-state index in [-0.39, 0.29) is 0 Å². The standard InChI is InChI=1S/C12H18BrN3/c1-15-4-6-16(7-5-15)9-10-2-3-11(13)8-12(10)14/h2-3,8H,4-7,9,14H2,1H3. The molecule has 0 saturated carbocycles. The molecule has 1 heterocycles. The highest BCUT2D eigenvalue weighted by atomic mass is 79.9. The Morgan fingerprint density at radius 3 is 2.56 bits per heavy atom. The summed E-state index contributed by atoms with van der Waals surface area (Å²) in [4.78, 5) is 4.82. The molecule has 0 radical (unpaired) electrons. The number of likely N-dealkylation sites (N-methyl/N-ethyl adjacent to an activating group) is 1. The molecule has 1 aromatic rings. The molecule has 0 atom stereocenters. The highest BCUT2D eigenvalue weighted by molar-refractivity contribution is 9.10. The maximum absolute atomic E-state index is 6.00. The smallest absolute Gasteiger partial charge is 0.0371 e. The Morgan fingerprint density at radius 1 is 1.25 bits per heavy atom. The maximum atomic E-state index is 6.00. The minimum absolute atomic E-state index is 0.883. The van der Waals surface area contributed by atoms with E-state index < -0.39 is 0 Å². The molecule has 0 unspecified atom stereocenters. The number of hydrogen-bond donors (Lipinski definition) is 1. The fourth-order valence-corrected chi connectivity index (χ4v) is 2.34. The number of nitrogen functional groups attached to an aromatic ring is 1. The number of piperazine rings is 1. The summed E-state index contributed by atoms with van der Waals surface area (Å²) in [7, 11) is 2.17. The molecule has 16 heavy (non-hydrogen) atoms. The highest BCUT2D eigenvalue weighted by Gasteiger charge is 2.14. The Hall–Kier alpha value is -0.580. The maximum Gasteiger partial charge on any atom is 0.0371 e. The zero-order chi connectivity index (χ0) is 11.5. The second-order valence-electron chi connectivity index (χ2n) is 4.42. The summed E-state index contributed by atoms with van der Waals surface area (Å²) >= 11 is 3.43. The fraction of sp³-hybridized carbons (Fsp3) is 0.500. The van der Waals surface area contributed by atoms with E-state index in [0.29, 0.717) is 0 Å². The van der Waals surface area contributed by atoms with Crippen LogP contribution >= 0.6 is 15.9 Å². The summed E-state index contributed by atoms with van der Waals surface area (Å²) in [6.45, 7) is 5.53. The van der Waals surface area contributed by atoms with Gasteiger partial charge in [0, 0.05) is 42.9 Å². The quantitative estimate of drug-likeness (QED) is 0.840. The molecule has 2 rings (SSSR count). The van der Waals surface area contributed by atoms with Crippen LogP contribution in [-0.4, -0.2) is 43.0 Å². The van der Waals surface area contributed by atoms with Gasteiger partial charge in [-0.25, -0.2) is 0 Å². The van der Waals surface area contributed by atoms with Crippen molar-refractivity contribution in [1.29, 1.82) is 0 Å². The molecule has 3 nitrogen and oxygen atoms in total. The van der Waals surface area contributed by atoms with Gasteiger partial charge in [-0.3, -0.25) is 4.90 Å². The molecule has 1 saturated heterocycles. The van der Waals surface area contributed by atoms with Crippen LogP contribution in [-0.2, 0) is 6.54 Å². The van der Waals surface area contributed by atoms with Crippen molar-refractivity contribution in [3.63, 3.8) is 0 Å². The van der Waals surface area contributed by atoms with E-state index in [1.165, 1.54) is 5.56 Å². The molecule has 1 fully saturated rings. The van der Waals surface area contributed by atoms with Gasteiger partial charge in [0.2, 0.25) is 0 Å². The predicted octanol–water partition coefficient (Wildman–Crippen LogP) is 1.78. The van der Waals surface area contributed by atoms with Gasteiger partial charge in [0.1, 0.15) is 0 Å². The molecular formula is C12H18BrN3. The van der Waals surface area contributed by atoms with E-state index in [1.807, 2.05) is 6.07 Å². The zero-order valence-corrected chi connectivity index (χ0v) is 11.2. The van der Waals surface area contributed by atoms with E-state index in [4.69, 9.17) is 5.73 Å². The van der Waals surface area contributed by atoms with Crippen LogP contribution in [0.25, 0.3) is 0 Å². The topological polar surface area (TPSA) is 32.5 Å². The fourth-order valence-electron chi connectivity index (χ4n) is 1.96. The first-order chi connectivity index (χ1) is 7.65. The van der Waals surface area contributed by atoms with E-state index in [0.717, 1.165) is 42.9 Å². The summed E-state index contributed by atoms with van der Waals surface area (Å²) in [5.74, 6) is 0. The molecule has 0 aromatic heterocycles. The van der Waals surface area contributed by atoms with Crippen molar-refractivity contribution < 1.29 is 0 Å². The third-order valence-corrected chi connectivity index (χ3v) is 3.59. The molecule has 0 aliphatic carbocycles. The van der Waals surface area contributed by atoms with Gasteiger partial charge < -0.3 is 10.6 Å². The lowest BCUT2D eigenvalue weighted by atomic mass is 10.1. The Labute approximate surface area is 105 Å². The lowest BCUT2D eigenvalue weighted by Crippen LogP contribution is -2.43. The number of halogens is 1. The zero-order valence-electron chi connectivity index (χ0n) is 9.62. The first-order valence-electron chi connectivity index (χ1n) is 5.60. The van der Waals surface area contributed by atoms with Gasteiger partial charge in [-0.05, 0) is 24.7 Å². The van der Waals surface area contributed by atoms with Crippen molar-refractivity contribution >= 4 is 21.6 Å². The second-order valence-corrected chi connectivity index (χ2v) is 5.34. The number of nitrogens with zero attached hydrogens (tertiary/aromatic N) is 2. The number of anilines is 1. The third-order valence-electron chi connectivity index (χ3n) is 3.10. The molecule has 2 N–H and O–H groups in total. The van der Waals surface area contributed by atoms with Crippen LogP contribution < -0.4 is 5.73 Å². The summed E-state index contributed by atoms with van der Waals surface area (Å²) < 4.78 is 1.05. The molecule has 0 spiro atoms. The van der Waals surface area contributed by atoms with Crippen LogP contribution in [0.2, 0.25) is 0 Å². The Bertz CT molecular complexity index is 359. The normalized spacial score (nSPS) is 18.9. The minimum Gasteiger partial charge on any atom is -0.398 e. The molecule has 1 aliphatic heterocycles. The van der Waals surface area contributed by atoms with Crippen molar-refractivity contribution in [2.75, 3.05) is 39.0 Å². The molecule has 1 aromatic carbocycles. The van der Waals surface area contributed by atoms with Crippen molar-refractivity contribution in [2.45, 2.75) is 6.54 Å². The lowest BCUT2D eigenvalue weighted by molar-refractivity contribution is 0.148. The van der Waals surface area contributed by atoms with Gasteiger partial charge in [-0.2, -0.15) is 0 Å². The van der Waals surface area contributed by atoms with Gasteiger partial charge in [0.15, 0.2) is 0 Å². The van der Waals surface area contributed by atoms with Crippen LogP contribution in [0, 0.1) is 0 Å². The monoisotopic (exact) mass is 283 g/mol. The first-order valence-corrected chi connectivity index (χ1v) is 6.39.